The van der Waals surface area contributed by atoms with E-state index in [0.29, 0.717) is 0 Å². The summed E-state index contributed by atoms with van der Waals surface area (Å²) in [7, 11) is 0. The molecule has 0 bridgehead atoms. The summed E-state index contributed by atoms with van der Waals surface area (Å²) >= 11 is 0. The molecule has 2 heteroatoms. The maximum Gasteiger partial charge on any atom is 0.0650 e. The fraction of sp³-hybridized carbons (Fsp3) is 0.684. The zero-order valence-corrected chi connectivity index (χ0v) is 13.9. The maximum absolute atomic E-state index is 10.7. The van der Waals surface area contributed by atoms with Crippen LogP contribution in [0, 0.1) is 0 Å². The van der Waals surface area contributed by atoms with Crippen molar-refractivity contribution in [2.45, 2.75) is 77.2 Å². The fourth-order valence-electron chi connectivity index (χ4n) is 3.10. The smallest absolute Gasteiger partial charge is 0.0650 e. The van der Waals surface area contributed by atoms with Crippen molar-refractivity contribution >= 4 is 0 Å². The number of nitrogens with two attached hydrogens (primary N) is 1. The first kappa shape index (κ1) is 18.2. The summed E-state index contributed by atoms with van der Waals surface area (Å²) in [5.41, 5.74) is 7.83. The van der Waals surface area contributed by atoms with Crippen LogP contribution in [0.25, 0.3) is 0 Å². The zero-order chi connectivity index (χ0) is 15.6. The first-order chi connectivity index (χ1) is 10.1. The molecule has 0 unspecified atom stereocenters. The van der Waals surface area contributed by atoms with Gasteiger partial charge >= 0.3 is 0 Å². The lowest BCUT2D eigenvalue weighted by Crippen LogP contribution is -2.28. The second-order valence-electron chi connectivity index (χ2n) is 6.29. The molecule has 0 aliphatic heterocycles. The van der Waals surface area contributed by atoms with Gasteiger partial charge in [-0.15, -0.1) is 0 Å². The Bertz CT molecular complexity index is 383. The van der Waals surface area contributed by atoms with Crippen LogP contribution >= 0.6 is 0 Å². The number of rotatable bonds is 11. The molecule has 0 saturated carbocycles. The minimum absolute atomic E-state index is 0.473. The van der Waals surface area contributed by atoms with E-state index in [9.17, 15) is 5.11 Å². The molecule has 0 fully saturated rings. The van der Waals surface area contributed by atoms with Gasteiger partial charge in [-0.25, -0.2) is 0 Å². The van der Waals surface area contributed by atoms with Gasteiger partial charge in [-0.3, -0.25) is 0 Å². The molecule has 0 aromatic heterocycles. The van der Waals surface area contributed by atoms with Crippen LogP contribution in [0.4, 0.5) is 0 Å². The third kappa shape index (κ3) is 7.10. The number of benzene rings is 1. The number of hydrogen-bond acceptors (Lipinski definition) is 2. The van der Waals surface area contributed by atoms with E-state index in [1.54, 1.807) is 0 Å². The van der Waals surface area contributed by atoms with Gasteiger partial charge in [0.15, 0.2) is 0 Å². The summed E-state index contributed by atoms with van der Waals surface area (Å²) in [5.74, 6) is 0. The van der Waals surface area contributed by atoms with Gasteiger partial charge in [-0.1, -0.05) is 51.0 Å². The number of hydrogen-bond donors (Lipinski definition) is 2. The Hall–Kier alpha value is -0.860. The van der Waals surface area contributed by atoms with Gasteiger partial charge < -0.3 is 10.8 Å². The third-order valence-electron chi connectivity index (χ3n) is 4.22. The van der Waals surface area contributed by atoms with Crippen molar-refractivity contribution in [3.05, 3.63) is 35.4 Å². The Morgan fingerprint density at radius 2 is 1.57 bits per heavy atom. The second-order valence-corrected chi connectivity index (χ2v) is 6.29. The Morgan fingerprint density at radius 1 is 0.952 bits per heavy atom. The van der Waals surface area contributed by atoms with Crippen LogP contribution in [0.2, 0.25) is 0 Å². The molecule has 0 saturated heterocycles. The molecule has 120 valence electrons. The van der Waals surface area contributed by atoms with E-state index in [0.717, 1.165) is 64.3 Å². The van der Waals surface area contributed by atoms with Crippen LogP contribution < -0.4 is 5.73 Å². The van der Waals surface area contributed by atoms with Crippen molar-refractivity contribution in [2.24, 2.45) is 5.73 Å². The number of aliphatic hydroxyl groups is 1. The van der Waals surface area contributed by atoms with Crippen molar-refractivity contribution in [1.82, 2.24) is 0 Å². The van der Waals surface area contributed by atoms with Crippen molar-refractivity contribution in [3.63, 3.8) is 0 Å². The summed E-state index contributed by atoms with van der Waals surface area (Å²) in [6, 6.07) is 8.83. The summed E-state index contributed by atoms with van der Waals surface area (Å²) in [6.07, 6.45) is 9.15. The van der Waals surface area contributed by atoms with Gasteiger partial charge in [0.1, 0.15) is 0 Å². The highest BCUT2D eigenvalue weighted by atomic mass is 16.3. The lowest BCUT2D eigenvalue weighted by Gasteiger charge is -2.27. The third-order valence-corrected chi connectivity index (χ3v) is 4.22. The Kier molecular flexibility index (Phi) is 8.63. The molecular formula is C19H33NO. The summed E-state index contributed by atoms with van der Waals surface area (Å²) in [4.78, 5) is 0. The summed E-state index contributed by atoms with van der Waals surface area (Å²) in [5, 5.41) is 10.7. The van der Waals surface area contributed by atoms with Crippen LogP contribution in [0.5, 0.6) is 0 Å². The largest absolute Gasteiger partial charge is 0.390 e. The first-order valence-corrected chi connectivity index (χ1v) is 8.64. The highest BCUT2D eigenvalue weighted by Crippen LogP contribution is 2.25. The molecule has 21 heavy (non-hydrogen) atoms. The van der Waals surface area contributed by atoms with E-state index in [2.05, 4.69) is 38.1 Å². The molecule has 0 spiro atoms. The van der Waals surface area contributed by atoms with Gasteiger partial charge in [-0.05, 0) is 62.6 Å². The lowest BCUT2D eigenvalue weighted by molar-refractivity contribution is 0.0132. The van der Waals surface area contributed by atoms with Gasteiger partial charge in [-0.2, -0.15) is 0 Å². The molecule has 0 amide bonds. The van der Waals surface area contributed by atoms with Crippen LogP contribution in [0.3, 0.4) is 0 Å². The number of aryl methyl sites for hydroxylation is 2. The predicted octanol–water partition coefficient (Wildman–Crippen LogP) is 4.23. The monoisotopic (exact) mass is 291 g/mol. The SMILES string of the molecule is CCCC(O)(CCC)CCc1cccc(CCCCN)c1. The Balaban J connectivity index is 2.55. The normalized spacial score (nSPS) is 11.8. The maximum atomic E-state index is 10.7. The molecule has 0 aliphatic carbocycles. The van der Waals surface area contributed by atoms with Crippen molar-refractivity contribution in [1.29, 1.82) is 0 Å². The van der Waals surface area contributed by atoms with E-state index in [4.69, 9.17) is 5.73 Å². The summed E-state index contributed by atoms with van der Waals surface area (Å²) in [6.45, 7) is 5.08. The zero-order valence-electron chi connectivity index (χ0n) is 13.9. The average Bonchev–Trinajstić information content (AvgIpc) is 2.47. The molecule has 0 radical (unpaired) electrons. The standard InChI is InChI=1S/C19H33NO/c1-3-12-19(21,13-4-2)14-11-18-10-7-9-17(16-18)8-5-6-15-20/h7,9-10,16,21H,3-6,8,11-15,20H2,1-2H3. The Labute approximate surface area is 130 Å². The summed E-state index contributed by atoms with van der Waals surface area (Å²) < 4.78 is 0. The Morgan fingerprint density at radius 3 is 2.14 bits per heavy atom. The van der Waals surface area contributed by atoms with Gasteiger partial charge in [0.25, 0.3) is 0 Å². The molecule has 0 aliphatic rings. The molecule has 1 rings (SSSR count). The molecule has 1 aromatic carbocycles. The fourth-order valence-corrected chi connectivity index (χ4v) is 3.10. The second kappa shape index (κ2) is 9.97. The van der Waals surface area contributed by atoms with Crippen LogP contribution in [0.15, 0.2) is 24.3 Å². The lowest BCUT2D eigenvalue weighted by atomic mass is 9.86. The quantitative estimate of drug-likeness (QED) is 0.599. The van der Waals surface area contributed by atoms with E-state index in [1.165, 1.54) is 11.1 Å². The number of unbranched alkanes of at least 4 members (excludes halogenated alkanes) is 1. The van der Waals surface area contributed by atoms with Gasteiger partial charge in [0.2, 0.25) is 0 Å². The molecule has 0 heterocycles. The predicted molar refractivity (Wildman–Crippen MR) is 91.5 cm³/mol. The highest BCUT2D eigenvalue weighted by molar-refractivity contribution is 5.24. The van der Waals surface area contributed by atoms with Crippen molar-refractivity contribution < 1.29 is 5.11 Å². The van der Waals surface area contributed by atoms with E-state index < -0.39 is 5.60 Å². The molecular weight excluding hydrogens is 258 g/mol. The average molecular weight is 291 g/mol. The van der Waals surface area contributed by atoms with Crippen LogP contribution in [-0.4, -0.2) is 17.3 Å². The molecule has 2 nitrogen and oxygen atoms in total. The van der Waals surface area contributed by atoms with Crippen LogP contribution in [-0.2, 0) is 12.8 Å². The first-order valence-electron chi connectivity index (χ1n) is 8.64. The van der Waals surface area contributed by atoms with E-state index in [-0.39, 0.29) is 0 Å². The van der Waals surface area contributed by atoms with Gasteiger partial charge in [0, 0.05) is 0 Å². The van der Waals surface area contributed by atoms with Gasteiger partial charge in [0.05, 0.1) is 5.60 Å². The minimum Gasteiger partial charge on any atom is -0.390 e. The molecule has 0 atom stereocenters. The molecule has 1 aromatic rings. The molecule has 3 N–H and O–H groups in total. The van der Waals surface area contributed by atoms with Crippen molar-refractivity contribution in [2.75, 3.05) is 6.54 Å². The topological polar surface area (TPSA) is 46.2 Å². The van der Waals surface area contributed by atoms with Crippen LogP contribution in [0.1, 0.15) is 69.9 Å². The highest BCUT2D eigenvalue weighted by Gasteiger charge is 2.24. The van der Waals surface area contributed by atoms with E-state index >= 15 is 0 Å². The van der Waals surface area contributed by atoms with Crippen molar-refractivity contribution in [3.8, 4) is 0 Å². The minimum atomic E-state index is -0.473. The van der Waals surface area contributed by atoms with E-state index in [1.807, 2.05) is 0 Å².